The third kappa shape index (κ3) is 5.77. The molecule has 0 radical (unpaired) electrons. The first-order chi connectivity index (χ1) is 14.7. The fourth-order valence-electron chi connectivity index (χ4n) is 3.19. The van der Waals surface area contributed by atoms with Gasteiger partial charge in [0.1, 0.15) is 0 Å². The normalized spacial score (nSPS) is 16.3. The Balaban J connectivity index is 1.68. The van der Waals surface area contributed by atoms with Gasteiger partial charge in [-0.3, -0.25) is 9.69 Å². The quantitative estimate of drug-likeness (QED) is 0.649. The van der Waals surface area contributed by atoms with Gasteiger partial charge in [-0.05, 0) is 43.8 Å². The standard InChI is InChI=1S/C21H25Cl2N3O4S/c1-15(25(2)14-16-5-3-8-19(22)20(16)23)21(27)24-17-6-4-7-18(13-17)31(28,29)26-9-11-30-12-10-26/h3-8,13,15H,9-12,14H2,1-2H3,(H,24,27)/t15-/m0/s1. The van der Waals surface area contributed by atoms with E-state index in [2.05, 4.69) is 5.32 Å². The summed E-state index contributed by atoms with van der Waals surface area (Å²) in [7, 11) is -1.84. The Morgan fingerprint density at radius 3 is 2.58 bits per heavy atom. The molecule has 168 valence electrons. The third-order valence-corrected chi connectivity index (χ3v) is 7.95. The number of hydrogen-bond donors (Lipinski definition) is 1. The van der Waals surface area contributed by atoms with E-state index < -0.39 is 16.1 Å². The molecule has 0 unspecified atom stereocenters. The second kappa shape index (κ2) is 10.3. The molecule has 0 aliphatic carbocycles. The second-order valence-corrected chi connectivity index (χ2v) is 10.1. The van der Waals surface area contributed by atoms with Gasteiger partial charge in [0.05, 0.1) is 34.2 Å². The van der Waals surface area contributed by atoms with Crippen molar-refractivity contribution in [3.05, 3.63) is 58.1 Å². The zero-order valence-electron chi connectivity index (χ0n) is 17.3. The number of halogens is 2. The molecule has 1 fully saturated rings. The topological polar surface area (TPSA) is 79.0 Å². The number of ether oxygens (including phenoxy) is 1. The average molecular weight is 486 g/mol. The Hall–Kier alpha value is -1.68. The number of amides is 1. The van der Waals surface area contributed by atoms with Gasteiger partial charge in [0.15, 0.2) is 0 Å². The molecule has 1 aliphatic heterocycles. The smallest absolute Gasteiger partial charge is 0.243 e. The van der Waals surface area contributed by atoms with Crippen LogP contribution in [0.3, 0.4) is 0 Å². The van der Waals surface area contributed by atoms with Crippen LogP contribution in [0.15, 0.2) is 47.4 Å². The molecule has 31 heavy (non-hydrogen) atoms. The highest BCUT2D eigenvalue weighted by atomic mass is 35.5. The van der Waals surface area contributed by atoms with Gasteiger partial charge in [-0.25, -0.2) is 8.42 Å². The summed E-state index contributed by atoms with van der Waals surface area (Å²) in [5.41, 5.74) is 1.23. The van der Waals surface area contributed by atoms with Crippen molar-refractivity contribution in [3.8, 4) is 0 Å². The number of anilines is 1. The molecule has 0 aromatic heterocycles. The molecule has 1 heterocycles. The maximum Gasteiger partial charge on any atom is 0.243 e. The van der Waals surface area contributed by atoms with E-state index in [-0.39, 0.29) is 10.8 Å². The zero-order chi connectivity index (χ0) is 22.6. The third-order valence-electron chi connectivity index (χ3n) is 5.20. The maximum atomic E-state index is 12.9. The lowest BCUT2D eigenvalue weighted by Gasteiger charge is -2.26. The number of nitrogens with zero attached hydrogens (tertiary/aromatic N) is 2. The van der Waals surface area contributed by atoms with Crippen molar-refractivity contribution in [1.82, 2.24) is 9.21 Å². The number of carbonyl (C=O) groups is 1. The minimum Gasteiger partial charge on any atom is -0.379 e. The van der Waals surface area contributed by atoms with Gasteiger partial charge in [-0.1, -0.05) is 41.4 Å². The van der Waals surface area contributed by atoms with E-state index in [1.807, 2.05) is 17.0 Å². The van der Waals surface area contributed by atoms with Crippen LogP contribution >= 0.6 is 23.2 Å². The molecule has 1 aliphatic rings. The highest BCUT2D eigenvalue weighted by Gasteiger charge is 2.27. The Labute approximate surface area is 192 Å². The van der Waals surface area contributed by atoms with E-state index in [9.17, 15) is 13.2 Å². The van der Waals surface area contributed by atoms with Crippen LogP contribution in [0.5, 0.6) is 0 Å². The Morgan fingerprint density at radius 2 is 1.87 bits per heavy atom. The number of hydrogen-bond acceptors (Lipinski definition) is 5. The number of benzene rings is 2. The van der Waals surface area contributed by atoms with Crippen LogP contribution in [0.4, 0.5) is 5.69 Å². The molecule has 2 aromatic carbocycles. The van der Waals surface area contributed by atoms with Crippen LogP contribution in [0.2, 0.25) is 10.0 Å². The highest BCUT2D eigenvalue weighted by molar-refractivity contribution is 7.89. The van der Waals surface area contributed by atoms with Gasteiger partial charge < -0.3 is 10.1 Å². The van der Waals surface area contributed by atoms with Crippen LogP contribution in [0.1, 0.15) is 12.5 Å². The number of morpholine rings is 1. The largest absolute Gasteiger partial charge is 0.379 e. The Bertz CT molecular complexity index is 1040. The van der Waals surface area contributed by atoms with Gasteiger partial charge in [0, 0.05) is 25.3 Å². The molecule has 1 atom stereocenters. The van der Waals surface area contributed by atoms with Crippen LogP contribution in [-0.2, 0) is 26.1 Å². The molecule has 0 spiro atoms. The van der Waals surface area contributed by atoms with Gasteiger partial charge in [0.25, 0.3) is 0 Å². The average Bonchev–Trinajstić information content (AvgIpc) is 2.77. The summed E-state index contributed by atoms with van der Waals surface area (Å²) in [4.78, 5) is 14.7. The monoisotopic (exact) mass is 485 g/mol. The summed E-state index contributed by atoms with van der Waals surface area (Å²) in [6.45, 7) is 3.56. The SMILES string of the molecule is C[C@@H](C(=O)Nc1cccc(S(=O)(=O)N2CCOCC2)c1)N(C)Cc1cccc(Cl)c1Cl. The number of sulfonamides is 1. The summed E-state index contributed by atoms with van der Waals surface area (Å²) < 4.78 is 32.3. The fraction of sp³-hybridized carbons (Fsp3) is 0.381. The number of likely N-dealkylation sites (N-methyl/N-ethyl adjacent to an activating group) is 1. The van der Waals surface area contributed by atoms with Crippen LogP contribution < -0.4 is 5.32 Å². The summed E-state index contributed by atoms with van der Waals surface area (Å²) in [6.07, 6.45) is 0. The van der Waals surface area contributed by atoms with Crippen molar-refractivity contribution in [2.75, 3.05) is 38.7 Å². The molecule has 0 saturated carbocycles. The first-order valence-corrected chi connectivity index (χ1v) is 12.0. The molecule has 10 heteroatoms. The van der Waals surface area contributed by atoms with E-state index in [1.54, 1.807) is 32.2 Å². The van der Waals surface area contributed by atoms with Crippen molar-refractivity contribution in [1.29, 1.82) is 0 Å². The van der Waals surface area contributed by atoms with Gasteiger partial charge in [-0.2, -0.15) is 4.31 Å². The number of nitrogens with one attached hydrogen (secondary N) is 1. The van der Waals surface area contributed by atoms with Crippen molar-refractivity contribution >= 4 is 44.8 Å². The second-order valence-electron chi connectivity index (χ2n) is 7.34. The van der Waals surface area contributed by atoms with E-state index in [0.29, 0.717) is 48.6 Å². The van der Waals surface area contributed by atoms with Crippen molar-refractivity contribution < 1.29 is 17.9 Å². The molecule has 1 saturated heterocycles. The first kappa shape index (κ1) is 24.0. The number of rotatable bonds is 7. The Kier molecular flexibility index (Phi) is 7.96. The van der Waals surface area contributed by atoms with Gasteiger partial charge in [-0.15, -0.1) is 0 Å². The summed E-state index contributed by atoms with van der Waals surface area (Å²) in [6, 6.07) is 11.2. The molecule has 2 aromatic rings. The molecule has 1 amide bonds. The molecular weight excluding hydrogens is 461 g/mol. The highest BCUT2D eigenvalue weighted by Crippen LogP contribution is 2.27. The van der Waals surface area contributed by atoms with Crippen LogP contribution in [0, 0.1) is 0 Å². The van der Waals surface area contributed by atoms with Crippen molar-refractivity contribution in [2.45, 2.75) is 24.4 Å². The Morgan fingerprint density at radius 1 is 1.19 bits per heavy atom. The lowest BCUT2D eigenvalue weighted by atomic mass is 10.2. The lowest BCUT2D eigenvalue weighted by Crippen LogP contribution is -2.40. The zero-order valence-corrected chi connectivity index (χ0v) is 19.7. The van der Waals surface area contributed by atoms with Crippen LogP contribution in [0.25, 0.3) is 0 Å². The van der Waals surface area contributed by atoms with Crippen molar-refractivity contribution in [2.24, 2.45) is 0 Å². The summed E-state index contributed by atoms with van der Waals surface area (Å²) in [5.74, 6) is -0.262. The summed E-state index contributed by atoms with van der Waals surface area (Å²) in [5, 5.41) is 3.73. The minimum atomic E-state index is -3.64. The predicted octanol–water partition coefficient (Wildman–Crippen LogP) is 3.47. The predicted molar refractivity (Wildman–Crippen MR) is 122 cm³/mol. The van der Waals surface area contributed by atoms with Gasteiger partial charge >= 0.3 is 0 Å². The van der Waals surface area contributed by atoms with E-state index in [4.69, 9.17) is 27.9 Å². The molecular formula is C21H25Cl2N3O4S. The molecule has 7 nitrogen and oxygen atoms in total. The minimum absolute atomic E-state index is 0.138. The molecule has 1 N–H and O–H groups in total. The van der Waals surface area contributed by atoms with E-state index >= 15 is 0 Å². The molecule has 3 rings (SSSR count). The van der Waals surface area contributed by atoms with E-state index in [1.165, 1.54) is 16.4 Å². The summed E-state index contributed by atoms with van der Waals surface area (Å²) >= 11 is 12.3. The van der Waals surface area contributed by atoms with Crippen LogP contribution in [-0.4, -0.2) is 62.9 Å². The fourth-order valence-corrected chi connectivity index (χ4v) is 5.03. The maximum absolute atomic E-state index is 12.9. The van der Waals surface area contributed by atoms with Gasteiger partial charge in [0.2, 0.25) is 15.9 Å². The first-order valence-electron chi connectivity index (χ1n) is 9.82. The van der Waals surface area contributed by atoms with Crippen molar-refractivity contribution in [3.63, 3.8) is 0 Å². The number of carbonyl (C=O) groups excluding carboxylic acids is 1. The van der Waals surface area contributed by atoms with E-state index in [0.717, 1.165) is 5.56 Å². The molecule has 0 bridgehead atoms. The lowest BCUT2D eigenvalue weighted by molar-refractivity contribution is -0.120.